The molecule has 1 heterocycles. The van der Waals surface area contributed by atoms with Gasteiger partial charge in [-0.2, -0.15) is 0 Å². The van der Waals surface area contributed by atoms with Gasteiger partial charge in [-0.05, 0) is 35.0 Å². The van der Waals surface area contributed by atoms with Gasteiger partial charge in [-0.25, -0.2) is 0 Å². The number of halogens is 1. The third-order valence-electron chi connectivity index (χ3n) is 3.35. The molecule has 0 aliphatic carbocycles. The molecule has 0 saturated carbocycles. The van der Waals surface area contributed by atoms with Crippen molar-refractivity contribution < 1.29 is 14.3 Å². The molecule has 1 atom stereocenters. The van der Waals surface area contributed by atoms with Gasteiger partial charge in [0, 0.05) is 31.2 Å². The lowest BCUT2D eigenvalue weighted by molar-refractivity contribution is 0.0708. The highest BCUT2D eigenvalue weighted by atomic mass is 79.9. The molecule has 1 N–H and O–H groups in total. The SMILES string of the molecule is COc1cc(C(=O)N2CCN[C@@H](C)C2)cc(OC)c1Br. The number of amides is 1. The van der Waals surface area contributed by atoms with Gasteiger partial charge >= 0.3 is 0 Å². The molecule has 1 aromatic carbocycles. The highest BCUT2D eigenvalue weighted by Crippen LogP contribution is 2.35. The number of rotatable bonds is 3. The lowest BCUT2D eigenvalue weighted by Crippen LogP contribution is -2.51. The minimum absolute atomic E-state index is 0.00227. The summed E-state index contributed by atoms with van der Waals surface area (Å²) >= 11 is 3.41. The van der Waals surface area contributed by atoms with E-state index < -0.39 is 0 Å². The van der Waals surface area contributed by atoms with E-state index in [1.165, 1.54) is 0 Å². The number of methoxy groups -OCH3 is 2. The Morgan fingerprint density at radius 2 is 1.95 bits per heavy atom. The summed E-state index contributed by atoms with van der Waals surface area (Å²) < 4.78 is 11.3. The standard InChI is InChI=1S/C14H19BrN2O3/c1-9-8-17(5-4-16-9)14(18)10-6-11(19-2)13(15)12(7-10)20-3/h6-7,9,16H,4-5,8H2,1-3H3/t9-/m0/s1. The van der Waals surface area contributed by atoms with Crippen LogP contribution in [0.2, 0.25) is 0 Å². The van der Waals surface area contributed by atoms with Gasteiger partial charge in [0.25, 0.3) is 5.91 Å². The molecule has 1 aliphatic heterocycles. The van der Waals surface area contributed by atoms with E-state index >= 15 is 0 Å². The van der Waals surface area contributed by atoms with Crippen LogP contribution < -0.4 is 14.8 Å². The van der Waals surface area contributed by atoms with Crippen LogP contribution in [0.1, 0.15) is 17.3 Å². The predicted molar refractivity (Wildman–Crippen MR) is 80.6 cm³/mol. The van der Waals surface area contributed by atoms with Crippen molar-refractivity contribution in [3.8, 4) is 11.5 Å². The predicted octanol–water partition coefficient (Wildman–Crippen LogP) is 1.90. The molecule has 110 valence electrons. The fourth-order valence-corrected chi connectivity index (χ4v) is 2.84. The number of piperazine rings is 1. The average Bonchev–Trinajstić information content (AvgIpc) is 2.46. The molecule has 1 aromatic rings. The fourth-order valence-electron chi connectivity index (χ4n) is 2.29. The number of carbonyl (C=O) groups is 1. The third kappa shape index (κ3) is 3.07. The molecule has 20 heavy (non-hydrogen) atoms. The molecule has 0 bridgehead atoms. The molecule has 0 aromatic heterocycles. The Hall–Kier alpha value is -1.27. The Morgan fingerprint density at radius 3 is 2.45 bits per heavy atom. The Morgan fingerprint density at radius 1 is 1.35 bits per heavy atom. The van der Waals surface area contributed by atoms with E-state index in [4.69, 9.17) is 9.47 Å². The van der Waals surface area contributed by atoms with Crippen LogP contribution in [0.25, 0.3) is 0 Å². The summed E-state index contributed by atoms with van der Waals surface area (Å²) in [5, 5.41) is 3.32. The number of hydrogen-bond acceptors (Lipinski definition) is 4. The maximum atomic E-state index is 12.6. The Labute approximate surface area is 127 Å². The molecule has 1 amide bonds. The van der Waals surface area contributed by atoms with E-state index in [0.717, 1.165) is 6.54 Å². The van der Waals surface area contributed by atoms with Crippen LogP contribution in [0.15, 0.2) is 16.6 Å². The minimum Gasteiger partial charge on any atom is -0.495 e. The molecular formula is C14H19BrN2O3. The summed E-state index contributed by atoms with van der Waals surface area (Å²) in [5.41, 5.74) is 0.580. The topological polar surface area (TPSA) is 50.8 Å². The fraction of sp³-hybridized carbons (Fsp3) is 0.500. The summed E-state index contributed by atoms with van der Waals surface area (Å²) in [7, 11) is 3.14. The molecule has 5 nitrogen and oxygen atoms in total. The Kier molecular flexibility index (Phi) is 4.88. The molecule has 0 radical (unpaired) electrons. The first kappa shape index (κ1) is 15.1. The Balaban J connectivity index is 2.29. The lowest BCUT2D eigenvalue weighted by atomic mass is 10.1. The highest BCUT2D eigenvalue weighted by Gasteiger charge is 2.23. The first-order valence-corrected chi connectivity index (χ1v) is 7.30. The number of carbonyl (C=O) groups excluding carboxylic acids is 1. The second-order valence-corrected chi connectivity index (χ2v) is 5.59. The van der Waals surface area contributed by atoms with Gasteiger partial charge < -0.3 is 19.7 Å². The second-order valence-electron chi connectivity index (χ2n) is 4.80. The summed E-state index contributed by atoms with van der Waals surface area (Å²) in [6, 6.07) is 3.79. The number of hydrogen-bond donors (Lipinski definition) is 1. The van der Waals surface area contributed by atoms with Crippen LogP contribution in [0.5, 0.6) is 11.5 Å². The summed E-state index contributed by atoms with van der Waals surface area (Å²) in [6.45, 7) is 4.31. The van der Waals surface area contributed by atoms with Gasteiger partial charge in [-0.15, -0.1) is 0 Å². The van der Waals surface area contributed by atoms with Crippen molar-refractivity contribution in [3.05, 3.63) is 22.2 Å². The maximum Gasteiger partial charge on any atom is 0.254 e. The van der Waals surface area contributed by atoms with Crippen molar-refractivity contribution in [3.63, 3.8) is 0 Å². The van der Waals surface area contributed by atoms with Crippen molar-refractivity contribution in [1.82, 2.24) is 10.2 Å². The van der Waals surface area contributed by atoms with Crippen LogP contribution in [-0.2, 0) is 0 Å². The maximum absolute atomic E-state index is 12.6. The average molecular weight is 343 g/mol. The first-order valence-electron chi connectivity index (χ1n) is 6.51. The van der Waals surface area contributed by atoms with Crippen LogP contribution in [-0.4, -0.2) is 50.7 Å². The van der Waals surface area contributed by atoms with Gasteiger partial charge in [0.05, 0.1) is 14.2 Å². The second kappa shape index (κ2) is 6.45. The Bertz CT molecular complexity index is 482. The molecule has 1 saturated heterocycles. The van der Waals surface area contributed by atoms with Crippen LogP contribution in [0.4, 0.5) is 0 Å². The van der Waals surface area contributed by atoms with Crippen molar-refractivity contribution in [2.75, 3.05) is 33.9 Å². The number of nitrogens with one attached hydrogen (secondary N) is 1. The molecule has 0 unspecified atom stereocenters. The molecule has 2 rings (SSSR count). The van der Waals surface area contributed by atoms with Crippen molar-refractivity contribution in [2.45, 2.75) is 13.0 Å². The molecule has 1 fully saturated rings. The van der Waals surface area contributed by atoms with E-state index in [2.05, 4.69) is 28.2 Å². The summed E-state index contributed by atoms with van der Waals surface area (Å²) in [6.07, 6.45) is 0. The lowest BCUT2D eigenvalue weighted by Gasteiger charge is -2.32. The normalized spacial score (nSPS) is 18.8. The van der Waals surface area contributed by atoms with E-state index in [1.807, 2.05) is 4.90 Å². The zero-order chi connectivity index (χ0) is 14.7. The van der Waals surface area contributed by atoms with E-state index in [9.17, 15) is 4.79 Å². The third-order valence-corrected chi connectivity index (χ3v) is 4.13. The smallest absolute Gasteiger partial charge is 0.254 e. The van der Waals surface area contributed by atoms with Gasteiger partial charge in [0.1, 0.15) is 16.0 Å². The summed E-state index contributed by atoms with van der Waals surface area (Å²) in [5.74, 6) is 1.19. The van der Waals surface area contributed by atoms with E-state index in [-0.39, 0.29) is 5.91 Å². The van der Waals surface area contributed by atoms with Gasteiger partial charge in [0.2, 0.25) is 0 Å². The van der Waals surface area contributed by atoms with Crippen molar-refractivity contribution in [2.24, 2.45) is 0 Å². The zero-order valence-corrected chi connectivity index (χ0v) is 13.5. The molecular weight excluding hydrogens is 324 g/mol. The minimum atomic E-state index is 0.00227. The van der Waals surface area contributed by atoms with Crippen LogP contribution >= 0.6 is 15.9 Å². The quantitative estimate of drug-likeness (QED) is 0.911. The number of ether oxygens (including phenoxy) is 2. The first-order chi connectivity index (χ1) is 9.56. The molecule has 0 spiro atoms. The number of nitrogens with zero attached hydrogens (tertiary/aromatic N) is 1. The van der Waals surface area contributed by atoms with Gasteiger partial charge in [0.15, 0.2) is 0 Å². The molecule has 1 aliphatic rings. The number of benzene rings is 1. The molecule has 6 heteroatoms. The highest BCUT2D eigenvalue weighted by molar-refractivity contribution is 9.10. The van der Waals surface area contributed by atoms with Crippen molar-refractivity contribution >= 4 is 21.8 Å². The van der Waals surface area contributed by atoms with Crippen LogP contribution in [0.3, 0.4) is 0 Å². The monoisotopic (exact) mass is 342 g/mol. The van der Waals surface area contributed by atoms with E-state index in [1.54, 1.807) is 26.4 Å². The summed E-state index contributed by atoms with van der Waals surface area (Å²) in [4.78, 5) is 14.4. The van der Waals surface area contributed by atoms with Crippen molar-refractivity contribution in [1.29, 1.82) is 0 Å². The van der Waals surface area contributed by atoms with Gasteiger partial charge in [-0.1, -0.05) is 0 Å². The van der Waals surface area contributed by atoms with E-state index in [0.29, 0.717) is 40.7 Å². The largest absolute Gasteiger partial charge is 0.495 e. The van der Waals surface area contributed by atoms with Gasteiger partial charge in [-0.3, -0.25) is 4.79 Å². The zero-order valence-electron chi connectivity index (χ0n) is 11.9. The van der Waals surface area contributed by atoms with Crippen LogP contribution in [0, 0.1) is 0 Å².